The van der Waals surface area contributed by atoms with Crippen LogP contribution in [0.2, 0.25) is 0 Å². The van der Waals surface area contributed by atoms with Gasteiger partial charge in [0.05, 0.1) is 23.8 Å². The van der Waals surface area contributed by atoms with Crippen molar-refractivity contribution in [3.8, 4) is 11.9 Å². The monoisotopic (exact) mass is 558 g/mol. The summed E-state index contributed by atoms with van der Waals surface area (Å²) in [5, 5.41) is 37.9. The first-order valence-corrected chi connectivity index (χ1v) is 14.5. The van der Waals surface area contributed by atoms with Crippen LogP contribution in [0.25, 0.3) is 0 Å². The molecule has 3 heterocycles. The second-order valence-electron chi connectivity index (χ2n) is 9.80. The SMILES string of the molecule is Cc1c(C#N)c(O)n(CCCN2CCOCC2)c(=O)c1N=Nc1ccc(S(=O)(=O)N2CCCC(CO)C2)cc1. The van der Waals surface area contributed by atoms with E-state index in [9.17, 15) is 28.7 Å². The number of pyridine rings is 1. The van der Waals surface area contributed by atoms with Crippen molar-refractivity contribution in [2.75, 3.05) is 52.5 Å². The van der Waals surface area contributed by atoms with Crippen LogP contribution in [-0.2, 0) is 21.3 Å². The summed E-state index contributed by atoms with van der Waals surface area (Å²) in [5.74, 6) is -0.464. The molecule has 0 amide bonds. The minimum absolute atomic E-state index is 0.0425. The van der Waals surface area contributed by atoms with Crippen molar-refractivity contribution in [2.24, 2.45) is 16.1 Å². The van der Waals surface area contributed by atoms with Crippen LogP contribution in [0.4, 0.5) is 11.4 Å². The molecule has 2 saturated heterocycles. The summed E-state index contributed by atoms with van der Waals surface area (Å²) in [6, 6.07) is 7.79. The van der Waals surface area contributed by atoms with E-state index in [2.05, 4.69) is 15.1 Å². The minimum atomic E-state index is -3.72. The van der Waals surface area contributed by atoms with Crippen LogP contribution in [0.15, 0.2) is 44.2 Å². The fourth-order valence-corrected chi connectivity index (χ4v) is 6.43. The number of aromatic nitrogens is 1. The van der Waals surface area contributed by atoms with Gasteiger partial charge >= 0.3 is 0 Å². The second-order valence-corrected chi connectivity index (χ2v) is 11.7. The van der Waals surface area contributed by atoms with E-state index in [0.29, 0.717) is 38.3 Å². The predicted octanol–water partition coefficient (Wildman–Crippen LogP) is 2.26. The van der Waals surface area contributed by atoms with Gasteiger partial charge in [0, 0.05) is 51.4 Å². The molecule has 210 valence electrons. The molecular weight excluding hydrogens is 524 g/mol. The molecule has 2 aromatic rings. The number of aromatic hydroxyl groups is 1. The van der Waals surface area contributed by atoms with Crippen LogP contribution >= 0.6 is 0 Å². The normalized spacial score (nSPS) is 19.4. The molecule has 0 spiro atoms. The fraction of sp³-hybridized carbons (Fsp3) is 0.538. The van der Waals surface area contributed by atoms with E-state index in [1.165, 1.54) is 35.5 Å². The number of ether oxygens (including phenoxy) is 1. The summed E-state index contributed by atoms with van der Waals surface area (Å²) in [5.41, 5.74) is -0.117. The van der Waals surface area contributed by atoms with Crippen molar-refractivity contribution in [3.63, 3.8) is 0 Å². The molecule has 2 aliphatic heterocycles. The van der Waals surface area contributed by atoms with Gasteiger partial charge in [-0.2, -0.15) is 14.7 Å². The third-order valence-electron chi connectivity index (χ3n) is 7.21. The zero-order chi connectivity index (χ0) is 28.0. The van der Waals surface area contributed by atoms with Gasteiger partial charge in [0.2, 0.25) is 15.9 Å². The molecule has 0 radical (unpaired) electrons. The maximum Gasteiger partial charge on any atom is 0.281 e. The Balaban J connectivity index is 1.52. The Hall–Kier alpha value is -3.15. The summed E-state index contributed by atoms with van der Waals surface area (Å²) in [4.78, 5) is 15.5. The van der Waals surface area contributed by atoms with Crippen LogP contribution in [0, 0.1) is 24.2 Å². The second kappa shape index (κ2) is 12.8. The number of hydrogen-bond donors (Lipinski definition) is 2. The van der Waals surface area contributed by atoms with E-state index < -0.39 is 21.5 Å². The summed E-state index contributed by atoms with van der Waals surface area (Å²) in [6.45, 7) is 6.02. The van der Waals surface area contributed by atoms with Gasteiger partial charge in [0.15, 0.2) is 5.69 Å². The van der Waals surface area contributed by atoms with E-state index in [1.54, 1.807) is 0 Å². The molecule has 0 bridgehead atoms. The third-order valence-corrected chi connectivity index (χ3v) is 9.09. The van der Waals surface area contributed by atoms with Gasteiger partial charge in [-0.1, -0.05) is 0 Å². The molecule has 39 heavy (non-hydrogen) atoms. The van der Waals surface area contributed by atoms with Gasteiger partial charge in [-0.15, -0.1) is 5.11 Å². The maximum absolute atomic E-state index is 13.2. The van der Waals surface area contributed by atoms with Gasteiger partial charge in [0.25, 0.3) is 5.56 Å². The van der Waals surface area contributed by atoms with Gasteiger partial charge in [-0.3, -0.25) is 14.3 Å². The summed E-state index contributed by atoms with van der Waals surface area (Å²) in [6.07, 6.45) is 2.07. The molecule has 0 aliphatic carbocycles. The molecule has 1 unspecified atom stereocenters. The van der Waals surface area contributed by atoms with E-state index in [4.69, 9.17) is 4.74 Å². The Labute approximate surface area is 227 Å². The van der Waals surface area contributed by atoms with E-state index in [0.717, 1.165) is 30.6 Å². The Morgan fingerprint density at radius 3 is 2.51 bits per heavy atom. The van der Waals surface area contributed by atoms with Gasteiger partial charge < -0.3 is 14.9 Å². The number of morpholine rings is 1. The number of azo groups is 1. The van der Waals surface area contributed by atoms with Gasteiger partial charge in [-0.05, 0) is 56.4 Å². The zero-order valence-electron chi connectivity index (χ0n) is 22.0. The number of rotatable bonds is 9. The van der Waals surface area contributed by atoms with Crippen LogP contribution in [0.1, 0.15) is 30.4 Å². The Morgan fingerprint density at radius 1 is 1.13 bits per heavy atom. The average Bonchev–Trinajstić information content (AvgIpc) is 2.96. The van der Waals surface area contributed by atoms with Crippen LogP contribution in [-0.4, -0.2) is 84.9 Å². The number of benzene rings is 1. The zero-order valence-corrected chi connectivity index (χ0v) is 22.8. The minimum Gasteiger partial charge on any atom is -0.493 e. The topological polar surface area (TPSA) is 161 Å². The summed E-state index contributed by atoms with van der Waals surface area (Å²) < 4.78 is 34.0. The Bertz CT molecular complexity index is 1390. The molecule has 2 fully saturated rings. The van der Waals surface area contributed by atoms with E-state index >= 15 is 0 Å². The van der Waals surface area contributed by atoms with E-state index in [-0.39, 0.29) is 47.3 Å². The number of nitriles is 1. The van der Waals surface area contributed by atoms with Crippen LogP contribution in [0.5, 0.6) is 5.88 Å². The van der Waals surface area contributed by atoms with E-state index in [1.807, 2.05) is 6.07 Å². The number of nitrogens with zero attached hydrogens (tertiary/aromatic N) is 6. The molecule has 1 aromatic heterocycles. The molecular formula is C26H34N6O6S. The first kappa shape index (κ1) is 28.8. The Kier molecular flexibility index (Phi) is 9.47. The first-order chi connectivity index (χ1) is 18.8. The molecule has 12 nitrogen and oxygen atoms in total. The van der Waals surface area contributed by atoms with Crippen molar-refractivity contribution in [2.45, 2.75) is 37.6 Å². The first-order valence-electron chi connectivity index (χ1n) is 13.1. The predicted molar refractivity (Wildman–Crippen MR) is 143 cm³/mol. The third kappa shape index (κ3) is 6.54. The molecule has 1 atom stereocenters. The Morgan fingerprint density at radius 2 is 1.85 bits per heavy atom. The quantitative estimate of drug-likeness (QED) is 0.443. The number of hydrogen-bond acceptors (Lipinski definition) is 10. The molecule has 0 saturated carbocycles. The van der Waals surface area contributed by atoms with Crippen LogP contribution in [0.3, 0.4) is 0 Å². The molecule has 1 aromatic carbocycles. The van der Waals surface area contributed by atoms with Crippen molar-refractivity contribution < 1.29 is 23.4 Å². The van der Waals surface area contributed by atoms with Crippen molar-refractivity contribution >= 4 is 21.4 Å². The molecule has 4 rings (SSSR count). The lowest BCUT2D eigenvalue weighted by Crippen LogP contribution is -2.40. The highest BCUT2D eigenvalue weighted by molar-refractivity contribution is 7.89. The highest BCUT2D eigenvalue weighted by Crippen LogP contribution is 2.28. The molecule has 13 heteroatoms. The molecule has 2 N–H and O–H groups in total. The lowest BCUT2D eigenvalue weighted by Gasteiger charge is -2.30. The summed E-state index contributed by atoms with van der Waals surface area (Å²) in [7, 11) is -3.72. The largest absolute Gasteiger partial charge is 0.493 e. The smallest absolute Gasteiger partial charge is 0.281 e. The number of aliphatic hydroxyl groups is 1. The van der Waals surface area contributed by atoms with Gasteiger partial charge in [-0.25, -0.2) is 8.42 Å². The number of piperidine rings is 1. The lowest BCUT2D eigenvalue weighted by molar-refractivity contribution is 0.0368. The van der Waals surface area contributed by atoms with Gasteiger partial charge in [0.1, 0.15) is 11.6 Å². The van der Waals surface area contributed by atoms with Crippen molar-refractivity contribution in [3.05, 3.63) is 45.7 Å². The number of sulfonamides is 1. The lowest BCUT2D eigenvalue weighted by atomic mass is 10.0. The van der Waals surface area contributed by atoms with Crippen LogP contribution < -0.4 is 5.56 Å². The van der Waals surface area contributed by atoms with Crippen molar-refractivity contribution in [1.29, 1.82) is 5.26 Å². The van der Waals surface area contributed by atoms with Crippen molar-refractivity contribution in [1.82, 2.24) is 13.8 Å². The number of aliphatic hydroxyl groups excluding tert-OH is 1. The summed E-state index contributed by atoms with van der Waals surface area (Å²) >= 11 is 0. The highest BCUT2D eigenvalue weighted by Gasteiger charge is 2.30. The fourth-order valence-electron chi connectivity index (χ4n) is 4.88. The average molecular weight is 559 g/mol. The maximum atomic E-state index is 13.2. The standard InChI is InChI=1S/C26H34N6O6S/c1-19-23(16-27)25(34)32(11-3-9-30-12-14-38-15-13-30)26(35)24(19)29-28-21-5-7-22(8-6-21)39(36,37)31-10-2-4-20(17-31)18-33/h5-8,20,33-34H,2-4,9-15,17-18H2,1H3. The highest BCUT2D eigenvalue weighted by atomic mass is 32.2. The molecule has 2 aliphatic rings.